The number of nitrogen functional groups attached to an aromatic ring is 1. The Labute approximate surface area is 87.5 Å². The third-order valence-corrected chi connectivity index (χ3v) is 2.25. The van der Waals surface area contributed by atoms with Crippen molar-refractivity contribution < 1.29 is 9.21 Å². The number of rotatable bonds is 2. The Hall–Kier alpha value is -2.03. The lowest BCUT2D eigenvalue weighted by atomic mass is 10.0. The first-order chi connectivity index (χ1) is 7.18. The lowest BCUT2D eigenvalue weighted by Crippen LogP contribution is -2.02. The summed E-state index contributed by atoms with van der Waals surface area (Å²) in [7, 11) is 0. The summed E-state index contributed by atoms with van der Waals surface area (Å²) in [6.07, 6.45) is 3.01. The molecule has 0 unspecified atom stereocenters. The molecule has 2 rings (SSSR count). The zero-order valence-electron chi connectivity index (χ0n) is 8.36. The number of furan rings is 1. The van der Waals surface area contributed by atoms with E-state index in [1.165, 1.54) is 6.26 Å². The number of aryl methyl sites for hydroxylation is 1. The minimum atomic E-state index is -0.0615. The summed E-state index contributed by atoms with van der Waals surface area (Å²) >= 11 is 0. The van der Waals surface area contributed by atoms with E-state index in [9.17, 15) is 4.79 Å². The molecule has 1 heterocycles. The van der Waals surface area contributed by atoms with Crippen LogP contribution in [0.2, 0.25) is 0 Å². The van der Waals surface area contributed by atoms with E-state index in [2.05, 4.69) is 0 Å². The number of hydrogen-bond donors (Lipinski definition) is 1. The molecule has 0 aliphatic heterocycles. The van der Waals surface area contributed by atoms with Crippen LogP contribution in [0.3, 0.4) is 0 Å². The summed E-state index contributed by atoms with van der Waals surface area (Å²) in [5, 5.41) is 0. The molecule has 2 N–H and O–H groups in total. The van der Waals surface area contributed by atoms with Gasteiger partial charge in [-0.2, -0.15) is 0 Å². The number of nitrogens with two attached hydrogens (primary N) is 1. The Morgan fingerprint density at radius 3 is 2.73 bits per heavy atom. The smallest absolute Gasteiger partial charge is 0.196 e. The molecule has 0 saturated carbocycles. The summed E-state index contributed by atoms with van der Waals surface area (Å²) in [5.41, 5.74) is 8.20. The molecule has 0 spiro atoms. The summed E-state index contributed by atoms with van der Waals surface area (Å²) in [6.45, 7) is 1.84. The van der Waals surface area contributed by atoms with Gasteiger partial charge in [-0.3, -0.25) is 4.79 Å². The van der Waals surface area contributed by atoms with Gasteiger partial charge in [0.2, 0.25) is 0 Å². The molecule has 0 fully saturated rings. The Balaban J connectivity index is 2.41. The maximum Gasteiger partial charge on any atom is 0.196 e. The molecule has 0 atom stereocenters. The largest absolute Gasteiger partial charge is 0.472 e. The predicted octanol–water partition coefficient (Wildman–Crippen LogP) is 2.40. The highest BCUT2D eigenvalue weighted by Crippen LogP contribution is 2.16. The second-order valence-corrected chi connectivity index (χ2v) is 3.42. The van der Waals surface area contributed by atoms with Crippen molar-refractivity contribution in [2.24, 2.45) is 0 Å². The number of carbonyl (C=O) groups is 1. The maximum atomic E-state index is 12.0. The van der Waals surface area contributed by atoms with Crippen LogP contribution in [0.5, 0.6) is 0 Å². The van der Waals surface area contributed by atoms with Crippen molar-refractivity contribution in [1.82, 2.24) is 0 Å². The maximum absolute atomic E-state index is 12.0. The van der Waals surface area contributed by atoms with Crippen molar-refractivity contribution in [3.8, 4) is 0 Å². The Kier molecular flexibility index (Phi) is 2.29. The van der Waals surface area contributed by atoms with Gasteiger partial charge in [0.1, 0.15) is 6.26 Å². The highest BCUT2D eigenvalue weighted by molar-refractivity contribution is 6.10. The standard InChI is InChI=1S/C12H11NO2/c1-8-6-15-7-11(8)12(14)9-3-2-4-10(13)5-9/h2-7H,13H2,1H3. The fourth-order valence-electron chi connectivity index (χ4n) is 1.43. The second-order valence-electron chi connectivity index (χ2n) is 3.42. The first-order valence-corrected chi connectivity index (χ1v) is 4.61. The second kappa shape index (κ2) is 3.61. The molecule has 0 amide bonds. The van der Waals surface area contributed by atoms with Gasteiger partial charge in [0.05, 0.1) is 11.8 Å². The number of anilines is 1. The van der Waals surface area contributed by atoms with Gasteiger partial charge in [-0.05, 0) is 24.6 Å². The molecule has 0 bridgehead atoms. The fourth-order valence-corrected chi connectivity index (χ4v) is 1.43. The third-order valence-electron chi connectivity index (χ3n) is 2.25. The van der Waals surface area contributed by atoms with Gasteiger partial charge in [0, 0.05) is 11.3 Å². The summed E-state index contributed by atoms with van der Waals surface area (Å²) in [5.74, 6) is -0.0615. The van der Waals surface area contributed by atoms with E-state index in [0.717, 1.165) is 5.56 Å². The van der Waals surface area contributed by atoms with Gasteiger partial charge >= 0.3 is 0 Å². The van der Waals surface area contributed by atoms with Crippen LogP contribution in [0, 0.1) is 6.92 Å². The molecule has 3 heteroatoms. The van der Waals surface area contributed by atoms with E-state index in [-0.39, 0.29) is 5.78 Å². The molecule has 15 heavy (non-hydrogen) atoms. The van der Waals surface area contributed by atoms with Gasteiger partial charge in [-0.25, -0.2) is 0 Å². The first kappa shape index (κ1) is 9.52. The van der Waals surface area contributed by atoms with Crippen LogP contribution in [0.1, 0.15) is 21.5 Å². The van der Waals surface area contributed by atoms with E-state index < -0.39 is 0 Å². The fraction of sp³-hybridized carbons (Fsp3) is 0.0833. The van der Waals surface area contributed by atoms with Crippen molar-refractivity contribution in [2.45, 2.75) is 6.92 Å². The third kappa shape index (κ3) is 1.76. The van der Waals surface area contributed by atoms with E-state index in [1.54, 1.807) is 30.5 Å². The van der Waals surface area contributed by atoms with E-state index in [0.29, 0.717) is 16.8 Å². The van der Waals surface area contributed by atoms with E-state index >= 15 is 0 Å². The van der Waals surface area contributed by atoms with Crippen molar-refractivity contribution in [3.05, 3.63) is 53.5 Å². The van der Waals surface area contributed by atoms with Crippen LogP contribution in [0.25, 0.3) is 0 Å². The molecule has 0 aliphatic carbocycles. The Morgan fingerprint density at radius 1 is 1.33 bits per heavy atom. The molecular formula is C12H11NO2. The van der Waals surface area contributed by atoms with Gasteiger partial charge in [0.15, 0.2) is 5.78 Å². The number of ketones is 1. The minimum Gasteiger partial charge on any atom is -0.472 e. The zero-order chi connectivity index (χ0) is 10.8. The van der Waals surface area contributed by atoms with Crippen LogP contribution in [0.15, 0.2) is 41.2 Å². The minimum absolute atomic E-state index is 0.0615. The Morgan fingerprint density at radius 2 is 2.13 bits per heavy atom. The number of benzene rings is 1. The highest BCUT2D eigenvalue weighted by Gasteiger charge is 2.13. The SMILES string of the molecule is Cc1cocc1C(=O)c1cccc(N)c1. The quantitative estimate of drug-likeness (QED) is 0.599. The van der Waals surface area contributed by atoms with Crippen LogP contribution in [0.4, 0.5) is 5.69 Å². The normalized spacial score (nSPS) is 10.2. The van der Waals surface area contributed by atoms with Gasteiger partial charge in [-0.15, -0.1) is 0 Å². The van der Waals surface area contributed by atoms with Gasteiger partial charge in [0.25, 0.3) is 0 Å². The average molecular weight is 201 g/mol. The molecule has 3 nitrogen and oxygen atoms in total. The molecule has 1 aromatic heterocycles. The van der Waals surface area contributed by atoms with E-state index in [1.807, 2.05) is 6.92 Å². The van der Waals surface area contributed by atoms with Crippen molar-refractivity contribution in [2.75, 3.05) is 5.73 Å². The molecule has 0 radical (unpaired) electrons. The summed E-state index contributed by atoms with van der Waals surface area (Å²) in [6, 6.07) is 6.91. The number of hydrogen-bond acceptors (Lipinski definition) is 3. The van der Waals surface area contributed by atoms with E-state index in [4.69, 9.17) is 10.2 Å². The molecule has 0 saturated heterocycles. The monoisotopic (exact) mass is 201 g/mol. The lowest BCUT2D eigenvalue weighted by molar-refractivity contribution is 0.103. The Bertz CT molecular complexity index is 500. The molecule has 1 aromatic carbocycles. The van der Waals surface area contributed by atoms with Crippen LogP contribution >= 0.6 is 0 Å². The van der Waals surface area contributed by atoms with Crippen LogP contribution in [-0.2, 0) is 0 Å². The summed E-state index contributed by atoms with van der Waals surface area (Å²) in [4.78, 5) is 12.0. The summed E-state index contributed by atoms with van der Waals surface area (Å²) < 4.78 is 4.97. The zero-order valence-corrected chi connectivity index (χ0v) is 8.36. The van der Waals surface area contributed by atoms with Crippen LogP contribution in [-0.4, -0.2) is 5.78 Å². The van der Waals surface area contributed by atoms with Crippen molar-refractivity contribution in [1.29, 1.82) is 0 Å². The molecule has 0 aliphatic rings. The molecule has 76 valence electrons. The van der Waals surface area contributed by atoms with Crippen molar-refractivity contribution in [3.63, 3.8) is 0 Å². The molecule has 2 aromatic rings. The van der Waals surface area contributed by atoms with Gasteiger partial charge in [-0.1, -0.05) is 12.1 Å². The lowest BCUT2D eigenvalue weighted by Gasteiger charge is -2.00. The molecular weight excluding hydrogens is 190 g/mol. The van der Waals surface area contributed by atoms with Gasteiger partial charge < -0.3 is 10.2 Å². The average Bonchev–Trinajstić information content (AvgIpc) is 2.63. The van der Waals surface area contributed by atoms with Crippen molar-refractivity contribution >= 4 is 11.5 Å². The predicted molar refractivity (Wildman–Crippen MR) is 57.7 cm³/mol. The van der Waals surface area contributed by atoms with Crippen LogP contribution < -0.4 is 5.73 Å². The topological polar surface area (TPSA) is 56.2 Å². The number of carbonyl (C=O) groups excluding carboxylic acids is 1. The first-order valence-electron chi connectivity index (χ1n) is 4.61. The highest BCUT2D eigenvalue weighted by atomic mass is 16.3.